The van der Waals surface area contributed by atoms with Crippen LogP contribution in [-0.4, -0.2) is 15.6 Å². The highest BCUT2D eigenvalue weighted by Gasteiger charge is 2.45. The molecule has 0 aromatic heterocycles. The van der Waals surface area contributed by atoms with Crippen LogP contribution >= 0.6 is 39.5 Å². The van der Waals surface area contributed by atoms with Crippen molar-refractivity contribution in [1.29, 1.82) is 0 Å². The van der Waals surface area contributed by atoms with Gasteiger partial charge in [0.2, 0.25) is 0 Å². The summed E-state index contributed by atoms with van der Waals surface area (Å²) in [5.74, 6) is 1.79. The number of thioether (sulfide) groups is 2. The molecule has 100 valence electrons. The van der Waals surface area contributed by atoms with Crippen molar-refractivity contribution in [3.8, 4) is 0 Å². The van der Waals surface area contributed by atoms with Crippen molar-refractivity contribution in [2.24, 2.45) is 0 Å². The molecule has 1 saturated carbocycles. The fraction of sp³-hybridized carbons (Fsp3) is 0.500. The first-order valence-electron chi connectivity index (χ1n) is 5.60. The summed E-state index contributed by atoms with van der Waals surface area (Å²) in [6, 6.07) is 0. The standard InChI is InChI=1S/C12H12BrF3S2/c13-9(3-5-14)8-2-1-4-12(10(8)11(15)16)17-6-7-18-12/h3,5H,1-2,4,6-7H2/b5-3+,9-8+. The molecule has 0 aromatic carbocycles. The third-order valence-corrected chi connectivity index (χ3v) is 7.33. The summed E-state index contributed by atoms with van der Waals surface area (Å²) in [5, 5.41) is 0. The molecule has 1 heterocycles. The first-order chi connectivity index (χ1) is 8.60. The molecule has 2 fully saturated rings. The van der Waals surface area contributed by atoms with Crippen molar-refractivity contribution in [3.05, 3.63) is 34.1 Å². The Morgan fingerprint density at radius 1 is 1.28 bits per heavy atom. The van der Waals surface area contributed by atoms with Crippen molar-refractivity contribution in [1.82, 2.24) is 0 Å². The van der Waals surface area contributed by atoms with Gasteiger partial charge in [-0.25, -0.2) is 4.39 Å². The van der Waals surface area contributed by atoms with E-state index < -0.39 is 10.2 Å². The molecule has 0 radical (unpaired) electrons. The third-order valence-electron chi connectivity index (χ3n) is 3.06. The summed E-state index contributed by atoms with van der Waals surface area (Å²) in [6.45, 7) is 0. The molecule has 1 aliphatic heterocycles. The largest absolute Gasteiger partial charge is 0.276 e. The Morgan fingerprint density at radius 2 is 1.94 bits per heavy atom. The molecule has 0 bridgehead atoms. The van der Waals surface area contributed by atoms with Gasteiger partial charge in [0.1, 0.15) is 0 Å². The van der Waals surface area contributed by atoms with Crippen LogP contribution in [0.2, 0.25) is 0 Å². The van der Waals surface area contributed by atoms with E-state index in [-0.39, 0.29) is 5.57 Å². The predicted molar refractivity (Wildman–Crippen MR) is 76.9 cm³/mol. The molecule has 0 N–H and O–H groups in total. The quantitative estimate of drug-likeness (QED) is 0.597. The Morgan fingerprint density at radius 3 is 2.50 bits per heavy atom. The van der Waals surface area contributed by atoms with Crippen LogP contribution in [0, 0.1) is 0 Å². The molecule has 0 amide bonds. The zero-order valence-corrected chi connectivity index (χ0v) is 12.7. The van der Waals surface area contributed by atoms with Gasteiger partial charge in [-0.15, -0.1) is 23.5 Å². The van der Waals surface area contributed by atoms with E-state index >= 15 is 0 Å². The summed E-state index contributed by atoms with van der Waals surface area (Å²) in [5.41, 5.74) is 0.670. The molecule has 2 rings (SSSR count). The van der Waals surface area contributed by atoms with Gasteiger partial charge in [-0.05, 0) is 30.9 Å². The van der Waals surface area contributed by atoms with E-state index in [4.69, 9.17) is 0 Å². The number of hydrogen-bond donors (Lipinski definition) is 0. The van der Waals surface area contributed by atoms with Gasteiger partial charge >= 0.3 is 0 Å². The van der Waals surface area contributed by atoms with E-state index in [9.17, 15) is 13.2 Å². The van der Waals surface area contributed by atoms with Crippen LogP contribution < -0.4 is 0 Å². The molecule has 0 atom stereocenters. The maximum atomic E-state index is 13.3. The monoisotopic (exact) mass is 356 g/mol. The molecule has 6 heteroatoms. The van der Waals surface area contributed by atoms with E-state index in [1.165, 1.54) is 6.08 Å². The lowest BCUT2D eigenvalue weighted by Crippen LogP contribution is -2.27. The van der Waals surface area contributed by atoms with Crippen molar-refractivity contribution in [2.75, 3.05) is 11.5 Å². The Hall–Kier alpha value is 0.190. The van der Waals surface area contributed by atoms with E-state index in [0.717, 1.165) is 24.3 Å². The third kappa shape index (κ3) is 2.70. The Bertz CT molecular complexity index is 419. The summed E-state index contributed by atoms with van der Waals surface area (Å²) in [4.78, 5) is 0. The second-order valence-electron chi connectivity index (χ2n) is 4.06. The summed E-state index contributed by atoms with van der Waals surface area (Å²) >= 11 is 6.39. The van der Waals surface area contributed by atoms with Crippen molar-refractivity contribution in [2.45, 2.75) is 23.3 Å². The number of allylic oxidation sites excluding steroid dienone is 3. The molecule has 1 saturated heterocycles. The average Bonchev–Trinajstić information content (AvgIpc) is 2.77. The highest BCUT2D eigenvalue weighted by molar-refractivity contribution is 9.11. The number of hydrogen-bond acceptors (Lipinski definition) is 2. The zero-order valence-electron chi connectivity index (χ0n) is 9.52. The fourth-order valence-corrected chi connectivity index (χ4v) is 6.30. The van der Waals surface area contributed by atoms with Gasteiger partial charge in [0.15, 0.2) is 0 Å². The van der Waals surface area contributed by atoms with Crippen LogP contribution in [0.25, 0.3) is 0 Å². The molecule has 18 heavy (non-hydrogen) atoms. The van der Waals surface area contributed by atoms with Crippen LogP contribution in [0.1, 0.15) is 19.3 Å². The van der Waals surface area contributed by atoms with E-state index in [2.05, 4.69) is 15.9 Å². The Balaban J connectivity index is 2.49. The molecule has 0 aromatic rings. The highest BCUT2D eigenvalue weighted by atomic mass is 79.9. The number of rotatable bonds is 1. The minimum absolute atomic E-state index is 0.117. The SMILES string of the molecule is F/C=C/C(Br)=C1/CCCC2(SCCS2)C1=C(F)F. The van der Waals surface area contributed by atoms with Gasteiger partial charge in [0.05, 0.1) is 10.4 Å². The minimum Gasteiger partial charge on any atom is -0.216 e. The van der Waals surface area contributed by atoms with Crippen molar-refractivity contribution < 1.29 is 13.2 Å². The van der Waals surface area contributed by atoms with Crippen LogP contribution in [-0.2, 0) is 0 Å². The topological polar surface area (TPSA) is 0 Å². The summed E-state index contributed by atoms with van der Waals surface area (Å²) in [6.07, 6.45) is 2.14. The summed E-state index contributed by atoms with van der Waals surface area (Å²) < 4.78 is 38.8. The van der Waals surface area contributed by atoms with Gasteiger partial charge in [0, 0.05) is 21.6 Å². The molecular weight excluding hydrogens is 345 g/mol. The van der Waals surface area contributed by atoms with Gasteiger partial charge in [-0.2, -0.15) is 8.78 Å². The maximum Gasteiger partial charge on any atom is 0.276 e. The fourth-order valence-electron chi connectivity index (χ4n) is 2.37. The molecule has 1 spiro atoms. The van der Waals surface area contributed by atoms with Crippen LogP contribution in [0.4, 0.5) is 13.2 Å². The Kier molecular flexibility index (Phi) is 4.94. The molecular formula is C12H12BrF3S2. The second kappa shape index (κ2) is 6.09. The van der Waals surface area contributed by atoms with Gasteiger partial charge in [0.25, 0.3) is 6.08 Å². The van der Waals surface area contributed by atoms with E-state index in [1.54, 1.807) is 23.5 Å². The van der Waals surface area contributed by atoms with Crippen LogP contribution in [0.15, 0.2) is 34.1 Å². The first kappa shape index (κ1) is 14.6. The van der Waals surface area contributed by atoms with Crippen LogP contribution in [0.5, 0.6) is 0 Å². The van der Waals surface area contributed by atoms with Crippen molar-refractivity contribution >= 4 is 39.5 Å². The predicted octanol–water partition coefficient (Wildman–Crippen LogP) is 5.63. The highest BCUT2D eigenvalue weighted by Crippen LogP contribution is 2.59. The molecule has 0 unspecified atom stereocenters. The summed E-state index contributed by atoms with van der Waals surface area (Å²) in [7, 11) is 0. The first-order valence-corrected chi connectivity index (χ1v) is 8.36. The smallest absolute Gasteiger partial charge is 0.216 e. The maximum absolute atomic E-state index is 13.3. The Labute approximate surface area is 121 Å². The lowest BCUT2D eigenvalue weighted by Gasteiger charge is -2.35. The average molecular weight is 357 g/mol. The molecule has 2 aliphatic rings. The molecule has 0 nitrogen and oxygen atoms in total. The van der Waals surface area contributed by atoms with Gasteiger partial charge in [-0.3, -0.25) is 0 Å². The normalized spacial score (nSPS) is 26.1. The minimum atomic E-state index is -1.63. The van der Waals surface area contributed by atoms with Gasteiger partial charge < -0.3 is 0 Å². The van der Waals surface area contributed by atoms with E-state index in [0.29, 0.717) is 22.8 Å². The van der Waals surface area contributed by atoms with Crippen molar-refractivity contribution in [3.63, 3.8) is 0 Å². The lowest BCUT2D eigenvalue weighted by molar-refractivity contribution is 0.403. The van der Waals surface area contributed by atoms with Crippen LogP contribution in [0.3, 0.4) is 0 Å². The number of halogens is 4. The second-order valence-corrected chi connectivity index (χ2v) is 7.96. The van der Waals surface area contributed by atoms with E-state index in [1.807, 2.05) is 0 Å². The van der Waals surface area contributed by atoms with Gasteiger partial charge in [-0.1, -0.05) is 15.9 Å². The lowest BCUT2D eigenvalue weighted by atomic mass is 9.88. The molecule has 1 aliphatic carbocycles. The zero-order chi connectivity index (χ0) is 13.2.